The molecule has 1 aromatic carbocycles. The van der Waals surface area contributed by atoms with E-state index in [0.717, 1.165) is 5.56 Å². The first-order chi connectivity index (χ1) is 9.36. The fraction of sp³-hybridized carbons (Fsp3) is 0.0833. The summed E-state index contributed by atoms with van der Waals surface area (Å²) in [5, 5.41) is 7.60. The largest absolute Gasteiger partial charge is 0.436 e. The molecule has 0 saturated carbocycles. The van der Waals surface area contributed by atoms with Gasteiger partial charge in [0.2, 0.25) is 10.0 Å². The van der Waals surface area contributed by atoms with E-state index < -0.39 is 15.9 Å². The number of primary sulfonamides is 1. The van der Waals surface area contributed by atoms with Crippen molar-refractivity contribution < 1.29 is 17.6 Å². The Hall–Kier alpha value is -2.32. The highest BCUT2D eigenvalue weighted by Crippen LogP contribution is 2.10. The number of anilines is 1. The van der Waals surface area contributed by atoms with Gasteiger partial charge in [0.25, 0.3) is 5.91 Å². The maximum absolute atomic E-state index is 11.7. The lowest BCUT2D eigenvalue weighted by atomic mass is 10.2. The average molecular weight is 295 g/mol. The van der Waals surface area contributed by atoms with Crippen LogP contribution in [-0.2, 0) is 16.6 Å². The molecule has 0 spiro atoms. The van der Waals surface area contributed by atoms with Crippen molar-refractivity contribution in [1.82, 2.24) is 5.32 Å². The van der Waals surface area contributed by atoms with Crippen LogP contribution in [0.4, 0.5) is 5.88 Å². The predicted molar refractivity (Wildman–Crippen MR) is 72.1 cm³/mol. The van der Waals surface area contributed by atoms with Gasteiger partial charge in [-0.15, -0.1) is 0 Å². The third kappa shape index (κ3) is 3.37. The van der Waals surface area contributed by atoms with Crippen LogP contribution in [0.5, 0.6) is 0 Å². The number of nitrogen functional groups attached to an aromatic ring is 1. The highest BCUT2D eigenvalue weighted by Gasteiger charge is 2.10. The van der Waals surface area contributed by atoms with E-state index in [1.165, 1.54) is 24.3 Å². The van der Waals surface area contributed by atoms with E-state index in [1.54, 1.807) is 12.1 Å². The summed E-state index contributed by atoms with van der Waals surface area (Å²) >= 11 is 0. The summed E-state index contributed by atoms with van der Waals surface area (Å²) in [5.41, 5.74) is 6.09. The highest BCUT2D eigenvalue weighted by atomic mass is 32.2. The van der Waals surface area contributed by atoms with Crippen molar-refractivity contribution in [2.45, 2.75) is 11.4 Å². The topological polar surface area (TPSA) is 128 Å². The Morgan fingerprint density at radius 3 is 2.30 bits per heavy atom. The summed E-state index contributed by atoms with van der Waals surface area (Å²) in [7, 11) is -3.71. The number of hydrogen-bond donors (Lipinski definition) is 3. The van der Waals surface area contributed by atoms with E-state index in [0.29, 0.717) is 0 Å². The van der Waals surface area contributed by atoms with Crippen LogP contribution in [-0.4, -0.2) is 14.3 Å². The molecule has 2 aromatic rings. The first-order valence-electron chi connectivity index (χ1n) is 5.61. The van der Waals surface area contributed by atoms with Crippen molar-refractivity contribution >= 4 is 21.8 Å². The van der Waals surface area contributed by atoms with Crippen molar-refractivity contribution in [1.29, 1.82) is 0 Å². The molecule has 1 heterocycles. The van der Waals surface area contributed by atoms with Crippen molar-refractivity contribution in [3.8, 4) is 0 Å². The number of benzene rings is 1. The lowest BCUT2D eigenvalue weighted by molar-refractivity contribution is 0.0924. The second-order valence-corrected chi connectivity index (χ2v) is 5.64. The first-order valence-corrected chi connectivity index (χ1v) is 7.16. The zero-order valence-electron chi connectivity index (χ0n) is 10.4. The fourth-order valence-electron chi connectivity index (χ4n) is 1.54. The molecule has 8 heteroatoms. The smallest absolute Gasteiger partial charge is 0.287 e. The number of amides is 1. The number of carbonyl (C=O) groups is 1. The Morgan fingerprint density at radius 1 is 1.15 bits per heavy atom. The molecule has 2 rings (SSSR count). The van der Waals surface area contributed by atoms with Crippen LogP contribution in [0.2, 0.25) is 0 Å². The number of sulfonamides is 1. The standard InChI is InChI=1S/C12H13N3O4S/c13-11-6-5-10(19-11)12(16)15-7-8-1-3-9(4-2-8)20(14,17)18/h1-6H,7,13H2,(H,15,16)(H2,14,17,18). The van der Waals surface area contributed by atoms with Crippen LogP contribution in [0.15, 0.2) is 45.7 Å². The van der Waals surface area contributed by atoms with Gasteiger partial charge in [0, 0.05) is 12.6 Å². The molecule has 0 atom stereocenters. The van der Waals surface area contributed by atoms with Gasteiger partial charge in [-0.25, -0.2) is 13.6 Å². The molecule has 106 valence electrons. The molecule has 20 heavy (non-hydrogen) atoms. The third-order valence-corrected chi connectivity index (χ3v) is 3.48. The van der Waals surface area contributed by atoms with E-state index in [9.17, 15) is 13.2 Å². The monoisotopic (exact) mass is 295 g/mol. The lowest BCUT2D eigenvalue weighted by Gasteiger charge is -2.04. The quantitative estimate of drug-likeness (QED) is 0.753. The van der Waals surface area contributed by atoms with Crippen LogP contribution < -0.4 is 16.2 Å². The summed E-state index contributed by atoms with van der Waals surface area (Å²) < 4.78 is 27.1. The summed E-state index contributed by atoms with van der Waals surface area (Å²) in [6, 6.07) is 8.83. The summed E-state index contributed by atoms with van der Waals surface area (Å²) in [5.74, 6) is -0.131. The number of rotatable bonds is 4. The maximum atomic E-state index is 11.7. The Bertz CT molecular complexity index is 719. The normalized spacial score (nSPS) is 11.2. The second kappa shape index (κ2) is 5.35. The van der Waals surface area contributed by atoms with Gasteiger partial charge in [0.1, 0.15) is 0 Å². The van der Waals surface area contributed by atoms with Gasteiger partial charge in [-0.05, 0) is 23.8 Å². The predicted octanol–water partition coefficient (Wildman–Crippen LogP) is 0.439. The van der Waals surface area contributed by atoms with Crippen molar-refractivity contribution in [2.24, 2.45) is 5.14 Å². The van der Waals surface area contributed by atoms with Crippen LogP contribution in [0, 0.1) is 0 Å². The molecule has 0 unspecified atom stereocenters. The third-order valence-electron chi connectivity index (χ3n) is 2.56. The van der Waals surface area contributed by atoms with Gasteiger partial charge < -0.3 is 15.5 Å². The molecule has 1 aromatic heterocycles. The molecule has 7 nitrogen and oxygen atoms in total. The Morgan fingerprint density at radius 2 is 1.80 bits per heavy atom. The summed E-state index contributed by atoms with van der Waals surface area (Å²) in [4.78, 5) is 11.7. The number of hydrogen-bond acceptors (Lipinski definition) is 5. The van der Waals surface area contributed by atoms with Crippen LogP contribution >= 0.6 is 0 Å². The zero-order chi connectivity index (χ0) is 14.8. The number of furan rings is 1. The Labute approximate surface area is 115 Å². The highest BCUT2D eigenvalue weighted by molar-refractivity contribution is 7.89. The van der Waals surface area contributed by atoms with Gasteiger partial charge in [0.05, 0.1) is 4.90 Å². The summed E-state index contributed by atoms with van der Waals surface area (Å²) in [6.07, 6.45) is 0. The minimum absolute atomic E-state index is 0.0198. The van der Waals surface area contributed by atoms with Crippen LogP contribution in [0.1, 0.15) is 16.1 Å². The van der Waals surface area contributed by atoms with E-state index >= 15 is 0 Å². The Balaban J connectivity index is 1.99. The second-order valence-electron chi connectivity index (χ2n) is 4.07. The van der Waals surface area contributed by atoms with E-state index in [2.05, 4.69) is 5.32 Å². The van der Waals surface area contributed by atoms with Gasteiger partial charge in [-0.1, -0.05) is 12.1 Å². The van der Waals surface area contributed by atoms with E-state index in [4.69, 9.17) is 15.3 Å². The first kappa shape index (κ1) is 14.1. The summed E-state index contributed by atoms with van der Waals surface area (Å²) in [6.45, 7) is 0.227. The molecule has 1 amide bonds. The van der Waals surface area contributed by atoms with Gasteiger partial charge >= 0.3 is 0 Å². The molecule has 0 fully saturated rings. The molecule has 0 aliphatic carbocycles. The van der Waals surface area contributed by atoms with Crippen molar-refractivity contribution in [2.75, 3.05) is 5.73 Å². The lowest BCUT2D eigenvalue weighted by Crippen LogP contribution is -2.22. The Kier molecular flexibility index (Phi) is 3.77. The fourth-order valence-corrected chi connectivity index (χ4v) is 2.06. The number of nitrogens with two attached hydrogens (primary N) is 2. The molecule has 0 saturated heterocycles. The SMILES string of the molecule is Nc1ccc(C(=O)NCc2ccc(S(N)(=O)=O)cc2)o1. The van der Waals surface area contributed by atoms with Crippen molar-refractivity contribution in [3.63, 3.8) is 0 Å². The van der Waals surface area contributed by atoms with Gasteiger partial charge in [-0.2, -0.15) is 0 Å². The number of carbonyl (C=O) groups excluding carboxylic acids is 1. The minimum Gasteiger partial charge on any atom is -0.436 e. The van der Waals surface area contributed by atoms with Crippen LogP contribution in [0.25, 0.3) is 0 Å². The zero-order valence-corrected chi connectivity index (χ0v) is 11.2. The molecule has 0 bridgehead atoms. The number of nitrogens with one attached hydrogen (secondary N) is 1. The van der Waals surface area contributed by atoms with E-state index in [-0.39, 0.29) is 23.1 Å². The molecule has 5 N–H and O–H groups in total. The molecule has 0 aliphatic heterocycles. The van der Waals surface area contributed by atoms with Gasteiger partial charge in [0.15, 0.2) is 11.6 Å². The minimum atomic E-state index is -3.71. The van der Waals surface area contributed by atoms with Crippen molar-refractivity contribution in [3.05, 3.63) is 47.7 Å². The molecular weight excluding hydrogens is 282 g/mol. The molecule has 0 radical (unpaired) electrons. The van der Waals surface area contributed by atoms with E-state index in [1.807, 2.05) is 0 Å². The van der Waals surface area contributed by atoms with Crippen LogP contribution in [0.3, 0.4) is 0 Å². The molecular formula is C12H13N3O4S. The maximum Gasteiger partial charge on any atom is 0.287 e. The average Bonchev–Trinajstić information content (AvgIpc) is 2.82. The molecule has 0 aliphatic rings. The van der Waals surface area contributed by atoms with Gasteiger partial charge in [-0.3, -0.25) is 4.79 Å².